The molecule has 1 fully saturated rings. The molecule has 0 atom stereocenters. The number of pyridine rings is 1. The third-order valence-corrected chi connectivity index (χ3v) is 6.43. The quantitative estimate of drug-likeness (QED) is 0.470. The molecule has 0 radical (unpaired) electrons. The van der Waals surface area contributed by atoms with E-state index in [9.17, 15) is 4.79 Å². The van der Waals surface area contributed by atoms with Crippen molar-refractivity contribution in [2.75, 3.05) is 26.2 Å². The standard InChI is InChI=1S/C24H24N6OS/c1-18-26-20(17-32-18)15-28-10-12-29(13-11-28)24(31)22-16-30(21-7-3-2-4-8-21)27-23(22)19-6-5-9-25-14-19/h2-9,14,16-17H,10-13,15H2,1H3. The number of para-hydroxylation sites is 1. The molecule has 1 aromatic carbocycles. The van der Waals surface area contributed by atoms with E-state index >= 15 is 0 Å². The first-order valence-electron chi connectivity index (χ1n) is 10.7. The lowest BCUT2D eigenvalue weighted by molar-refractivity contribution is 0.0628. The maximum atomic E-state index is 13.5. The molecule has 1 saturated heterocycles. The molecule has 0 unspecified atom stereocenters. The third kappa shape index (κ3) is 4.32. The highest BCUT2D eigenvalue weighted by molar-refractivity contribution is 7.09. The van der Waals surface area contributed by atoms with Crippen LogP contribution in [-0.2, 0) is 6.54 Å². The fourth-order valence-electron chi connectivity index (χ4n) is 3.95. The summed E-state index contributed by atoms with van der Waals surface area (Å²) in [6, 6.07) is 13.7. The Morgan fingerprint density at radius 1 is 1.06 bits per heavy atom. The normalized spacial score (nSPS) is 14.6. The first-order valence-corrected chi connectivity index (χ1v) is 11.5. The van der Waals surface area contributed by atoms with Crippen LogP contribution in [0, 0.1) is 6.92 Å². The van der Waals surface area contributed by atoms with Crippen LogP contribution in [-0.4, -0.2) is 61.6 Å². The van der Waals surface area contributed by atoms with Crippen molar-refractivity contribution in [3.63, 3.8) is 0 Å². The lowest BCUT2D eigenvalue weighted by Gasteiger charge is -2.34. The van der Waals surface area contributed by atoms with E-state index in [2.05, 4.69) is 20.2 Å². The molecule has 1 aliphatic heterocycles. The van der Waals surface area contributed by atoms with Crippen molar-refractivity contribution >= 4 is 17.2 Å². The summed E-state index contributed by atoms with van der Waals surface area (Å²) in [5.74, 6) is 0.00943. The molecule has 0 bridgehead atoms. The number of hydrogen-bond donors (Lipinski definition) is 0. The minimum Gasteiger partial charge on any atom is -0.336 e. The number of aryl methyl sites for hydroxylation is 1. The molecule has 7 nitrogen and oxygen atoms in total. The molecule has 8 heteroatoms. The molecule has 1 amide bonds. The topological polar surface area (TPSA) is 67.2 Å². The number of rotatable bonds is 5. The van der Waals surface area contributed by atoms with Crippen molar-refractivity contribution < 1.29 is 4.79 Å². The second-order valence-corrected chi connectivity index (χ2v) is 8.90. The van der Waals surface area contributed by atoms with Crippen molar-refractivity contribution in [1.29, 1.82) is 0 Å². The van der Waals surface area contributed by atoms with E-state index in [1.165, 1.54) is 0 Å². The van der Waals surface area contributed by atoms with Gasteiger partial charge in [0.25, 0.3) is 5.91 Å². The van der Waals surface area contributed by atoms with Gasteiger partial charge in [-0.25, -0.2) is 9.67 Å². The van der Waals surface area contributed by atoms with Crippen molar-refractivity contribution in [3.8, 4) is 16.9 Å². The maximum absolute atomic E-state index is 13.5. The first-order chi connectivity index (χ1) is 15.7. The summed E-state index contributed by atoms with van der Waals surface area (Å²) in [7, 11) is 0. The van der Waals surface area contributed by atoms with Crippen LogP contribution in [0.25, 0.3) is 16.9 Å². The Morgan fingerprint density at radius 2 is 1.88 bits per heavy atom. The average Bonchev–Trinajstić information content (AvgIpc) is 3.47. The van der Waals surface area contributed by atoms with Crippen LogP contribution in [0.15, 0.2) is 66.4 Å². The summed E-state index contributed by atoms with van der Waals surface area (Å²) < 4.78 is 1.77. The van der Waals surface area contributed by atoms with Crippen LogP contribution in [0.2, 0.25) is 0 Å². The highest BCUT2D eigenvalue weighted by atomic mass is 32.1. The van der Waals surface area contributed by atoms with Gasteiger partial charge >= 0.3 is 0 Å². The van der Waals surface area contributed by atoms with Gasteiger partial charge < -0.3 is 4.90 Å². The van der Waals surface area contributed by atoms with Gasteiger partial charge in [-0.1, -0.05) is 18.2 Å². The molecular formula is C24H24N6OS. The van der Waals surface area contributed by atoms with Crippen molar-refractivity contribution in [2.45, 2.75) is 13.5 Å². The third-order valence-electron chi connectivity index (χ3n) is 5.61. The van der Waals surface area contributed by atoms with Gasteiger partial charge in [0.1, 0.15) is 5.69 Å². The Hall–Kier alpha value is -3.36. The van der Waals surface area contributed by atoms with Gasteiger partial charge in [-0.15, -0.1) is 11.3 Å². The number of aromatic nitrogens is 4. The van der Waals surface area contributed by atoms with Gasteiger partial charge in [0, 0.05) is 62.3 Å². The minimum absolute atomic E-state index is 0.00943. The van der Waals surface area contributed by atoms with Gasteiger partial charge in [0.05, 0.1) is 22.0 Å². The van der Waals surface area contributed by atoms with Crippen LogP contribution in [0.4, 0.5) is 0 Å². The van der Waals surface area contributed by atoms with Gasteiger partial charge in [-0.2, -0.15) is 5.10 Å². The highest BCUT2D eigenvalue weighted by Gasteiger charge is 2.27. The van der Waals surface area contributed by atoms with Crippen LogP contribution in [0.5, 0.6) is 0 Å². The predicted molar refractivity (Wildman–Crippen MR) is 125 cm³/mol. The average molecular weight is 445 g/mol. The van der Waals surface area contributed by atoms with Gasteiger partial charge in [-0.05, 0) is 31.2 Å². The number of amides is 1. The van der Waals surface area contributed by atoms with E-state index in [0.717, 1.165) is 41.6 Å². The molecule has 4 heterocycles. The fourth-order valence-corrected chi connectivity index (χ4v) is 4.55. The number of carbonyl (C=O) groups excluding carboxylic acids is 1. The Morgan fingerprint density at radius 3 is 2.56 bits per heavy atom. The molecule has 0 aliphatic carbocycles. The van der Waals surface area contributed by atoms with E-state index in [0.29, 0.717) is 24.3 Å². The summed E-state index contributed by atoms with van der Waals surface area (Å²) in [5, 5.41) is 7.96. The lowest BCUT2D eigenvalue weighted by atomic mass is 10.1. The SMILES string of the molecule is Cc1nc(CN2CCN(C(=O)c3cn(-c4ccccc4)nc3-c3cccnc3)CC2)cs1. The zero-order valence-corrected chi connectivity index (χ0v) is 18.7. The molecule has 3 aromatic heterocycles. The molecule has 4 aromatic rings. The zero-order valence-electron chi connectivity index (χ0n) is 17.9. The second kappa shape index (κ2) is 9.02. The first kappa shape index (κ1) is 20.5. The molecule has 0 N–H and O–H groups in total. The lowest BCUT2D eigenvalue weighted by Crippen LogP contribution is -2.48. The summed E-state index contributed by atoms with van der Waals surface area (Å²) in [4.78, 5) is 26.6. The predicted octanol–water partition coefficient (Wildman–Crippen LogP) is 3.66. The number of thiazole rings is 1. The molecular weight excluding hydrogens is 420 g/mol. The largest absolute Gasteiger partial charge is 0.336 e. The number of benzene rings is 1. The van der Waals surface area contributed by atoms with E-state index in [1.54, 1.807) is 28.4 Å². The summed E-state index contributed by atoms with van der Waals surface area (Å²) >= 11 is 1.68. The van der Waals surface area contributed by atoms with Crippen LogP contribution < -0.4 is 0 Å². The zero-order chi connectivity index (χ0) is 21.9. The fraction of sp³-hybridized carbons (Fsp3) is 0.250. The Labute approximate surface area is 191 Å². The molecule has 0 saturated carbocycles. The van der Waals surface area contributed by atoms with Gasteiger partial charge in [0.2, 0.25) is 0 Å². The number of carbonyl (C=O) groups is 1. The highest BCUT2D eigenvalue weighted by Crippen LogP contribution is 2.25. The van der Waals surface area contributed by atoms with Crippen molar-refractivity contribution in [2.24, 2.45) is 0 Å². The summed E-state index contributed by atoms with van der Waals surface area (Å²) in [5.41, 5.74) is 4.12. The van der Waals surface area contributed by atoms with Crippen molar-refractivity contribution in [1.82, 2.24) is 29.5 Å². The van der Waals surface area contributed by atoms with E-state index in [4.69, 9.17) is 5.10 Å². The molecule has 5 rings (SSSR count). The molecule has 1 aliphatic rings. The van der Waals surface area contributed by atoms with E-state index < -0.39 is 0 Å². The smallest absolute Gasteiger partial charge is 0.257 e. The van der Waals surface area contributed by atoms with Crippen LogP contribution in [0.1, 0.15) is 21.1 Å². The Balaban J connectivity index is 1.36. The summed E-state index contributed by atoms with van der Waals surface area (Å²) in [6.45, 7) is 5.89. The molecule has 0 spiro atoms. The number of hydrogen-bond acceptors (Lipinski definition) is 6. The van der Waals surface area contributed by atoms with Gasteiger partial charge in [-0.3, -0.25) is 14.7 Å². The van der Waals surface area contributed by atoms with E-state index in [-0.39, 0.29) is 5.91 Å². The molecule has 162 valence electrons. The monoisotopic (exact) mass is 444 g/mol. The number of piperazine rings is 1. The maximum Gasteiger partial charge on any atom is 0.257 e. The van der Waals surface area contributed by atoms with E-state index in [1.807, 2.05) is 60.5 Å². The number of nitrogens with zero attached hydrogens (tertiary/aromatic N) is 6. The molecule has 32 heavy (non-hydrogen) atoms. The summed E-state index contributed by atoms with van der Waals surface area (Å²) in [6.07, 6.45) is 5.31. The van der Waals surface area contributed by atoms with Crippen LogP contribution in [0.3, 0.4) is 0 Å². The van der Waals surface area contributed by atoms with Gasteiger partial charge in [0.15, 0.2) is 0 Å². The van der Waals surface area contributed by atoms with Crippen LogP contribution >= 0.6 is 11.3 Å². The minimum atomic E-state index is 0.00943. The Bertz CT molecular complexity index is 1200. The van der Waals surface area contributed by atoms with Crippen molar-refractivity contribution in [3.05, 3.63) is 82.7 Å². The Kier molecular flexibility index (Phi) is 5.79. The second-order valence-electron chi connectivity index (χ2n) is 7.84.